The van der Waals surface area contributed by atoms with E-state index in [9.17, 15) is 0 Å². The Labute approximate surface area is 191 Å². The summed E-state index contributed by atoms with van der Waals surface area (Å²) in [5.41, 5.74) is 7.34. The normalized spacial score (nSPS) is 12.4. The maximum atomic E-state index is 6.14. The van der Waals surface area contributed by atoms with Gasteiger partial charge in [0, 0.05) is 16.5 Å². The van der Waals surface area contributed by atoms with Crippen LogP contribution in [0.1, 0.15) is 0 Å². The fraction of sp³-hybridized carbons (Fsp3) is 0. The molecule has 1 aliphatic heterocycles. The van der Waals surface area contributed by atoms with E-state index in [2.05, 4.69) is 71.6 Å². The van der Waals surface area contributed by atoms with Gasteiger partial charge >= 0.3 is 0 Å². The van der Waals surface area contributed by atoms with Gasteiger partial charge in [-0.15, -0.1) is 0 Å². The van der Waals surface area contributed by atoms with Gasteiger partial charge in [-0.1, -0.05) is 60.7 Å². The van der Waals surface area contributed by atoms with Gasteiger partial charge in [-0.2, -0.15) is 0 Å². The van der Waals surface area contributed by atoms with Crippen LogP contribution in [0, 0.1) is 0 Å². The van der Waals surface area contributed by atoms with Crippen molar-refractivity contribution in [2.24, 2.45) is 0 Å². The fourth-order valence-corrected chi connectivity index (χ4v) is 4.69. The number of hydrogen-bond acceptors (Lipinski definition) is 3. The number of nitrogens with zero attached hydrogens (tertiary/aromatic N) is 1. The first-order valence-electron chi connectivity index (χ1n) is 11.0. The van der Waals surface area contributed by atoms with Gasteiger partial charge in [-0.05, 0) is 65.7 Å². The van der Waals surface area contributed by atoms with Gasteiger partial charge in [0.05, 0.1) is 11.4 Å². The molecule has 0 aliphatic carbocycles. The second-order valence-corrected chi connectivity index (χ2v) is 8.23. The van der Waals surface area contributed by atoms with Crippen LogP contribution in [0.15, 0.2) is 120 Å². The number of benzene rings is 5. The highest BCUT2D eigenvalue weighted by Crippen LogP contribution is 2.50. The molecular weight excluding hydrogens is 406 g/mol. The lowest BCUT2D eigenvalue weighted by Crippen LogP contribution is -2.15. The van der Waals surface area contributed by atoms with Crippen LogP contribution in [0.4, 0.5) is 17.1 Å². The monoisotopic (exact) mass is 425 g/mol. The zero-order chi connectivity index (χ0) is 21.8. The second-order valence-electron chi connectivity index (χ2n) is 8.23. The minimum atomic E-state index is 0.859. The third-order valence-corrected chi connectivity index (χ3v) is 6.27. The predicted molar refractivity (Wildman–Crippen MR) is 134 cm³/mol. The molecule has 0 saturated heterocycles. The predicted octanol–water partition coefficient (Wildman–Crippen LogP) is 8.83. The fourth-order valence-electron chi connectivity index (χ4n) is 4.69. The maximum Gasteiger partial charge on any atom is 0.151 e. The zero-order valence-corrected chi connectivity index (χ0v) is 17.7. The summed E-state index contributed by atoms with van der Waals surface area (Å²) in [6.45, 7) is 0. The summed E-state index contributed by atoms with van der Waals surface area (Å²) in [7, 11) is 0. The average Bonchev–Trinajstić information content (AvgIpc) is 3.25. The summed E-state index contributed by atoms with van der Waals surface area (Å²) < 4.78 is 12.1. The third-order valence-electron chi connectivity index (χ3n) is 6.27. The van der Waals surface area contributed by atoms with Crippen molar-refractivity contribution >= 4 is 39.0 Å². The molecule has 156 valence electrons. The molecule has 3 heteroatoms. The average molecular weight is 425 g/mol. The summed E-state index contributed by atoms with van der Waals surface area (Å²) in [5, 5.41) is 2.29. The number of ether oxygens (including phenoxy) is 1. The van der Waals surface area contributed by atoms with Gasteiger partial charge in [0.25, 0.3) is 0 Å². The van der Waals surface area contributed by atoms with Gasteiger partial charge in [0.15, 0.2) is 11.5 Å². The molecule has 0 atom stereocenters. The molecule has 0 spiro atoms. The van der Waals surface area contributed by atoms with Crippen molar-refractivity contribution in [1.29, 1.82) is 0 Å². The summed E-state index contributed by atoms with van der Waals surface area (Å²) in [4.78, 5) is 2.25. The van der Waals surface area contributed by atoms with Crippen molar-refractivity contribution in [3.8, 4) is 22.6 Å². The Morgan fingerprint density at radius 1 is 0.485 bits per heavy atom. The Bertz CT molecular complexity index is 1600. The van der Waals surface area contributed by atoms with Crippen molar-refractivity contribution < 1.29 is 9.15 Å². The zero-order valence-electron chi connectivity index (χ0n) is 17.7. The van der Waals surface area contributed by atoms with Crippen LogP contribution in [-0.2, 0) is 0 Å². The topological polar surface area (TPSA) is 25.6 Å². The second kappa shape index (κ2) is 7.01. The molecule has 1 aromatic heterocycles. The minimum Gasteiger partial charge on any atom is -0.456 e. The van der Waals surface area contributed by atoms with Gasteiger partial charge in [0.1, 0.15) is 11.2 Å². The molecule has 0 fully saturated rings. The molecule has 0 N–H and O–H groups in total. The number of anilines is 3. The summed E-state index contributed by atoms with van der Waals surface area (Å²) in [5.74, 6) is 1.72. The Morgan fingerprint density at radius 2 is 1.09 bits per heavy atom. The van der Waals surface area contributed by atoms with Crippen LogP contribution in [0.3, 0.4) is 0 Å². The molecule has 0 radical (unpaired) electrons. The molecule has 0 unspecified atom stereocenters. The van der Waals surface area contributed by atoms with E-state index < -0.39 is 0 Å². The van der Waals surface area contributed by atoms with Gasteiger partial charge in [-0.25, -0.2) is 0 Å². The Kier molecular flexibility index (Phi) is 3.84. The highest BCUT2D eigenvalue weighted by atomic mass is 16.5. The minimum absolute atomic E-state index is 0.859. The summed E-state index contributed by atoms with van der Waals surface area (Å²) >= 11 is 0. The van der Waals surface area contributed by atoms with Crippen LogP contribution >= 0.6 is 0 Å². The molecular formula is C30H19NO2. The van der Waals surface area contributed by atoms with E-state index in [4.69, 9.17) is 9.15 Å². The number of para-hydroxylation sites is 5. The molecule has 1 aliphatic rings. The van der Waals surface area contributed by atoms with Crippen molar-refractivity contribution in [3.05, 3.63) is 115 Å². The molecule has 0 amide bonds. The van der Waals surface area contributed by atoms with Crippen LogP contribution in [0.5, 0.6) is 11.5 Å². The van der Waals surface area contributed by atoms with E-state index >= 15 is 0 Å². The van der Waals surface area contributed by atoms with Gasteiger partial charge in [0.2, 0.25) is 0 Å². The first-order chi connectivity index (χ1) is 16.3. The first-order valence-corrected chi connectivity index (χ1v) is 11.0. The van der Waals surface area contributed by atoms with Crippen molar-refractivity contribution in [2.45, 2.75) is 0 Å². The Morgan fingerprint density at radius 3 is 1.85 bits per heavy atom. The van der Waals surface area contributed by atoms with Crippen molar-refractivity contribution in [2.75, 3.05) is 4.90 Å². The van der Waals surface area contributed by atoms with E-state index in [1.54, 1.807) is 0 Å². The number of rotatable bonds is 2. The molecule has 0 bridgehead atoms. The molecule has 0 saturated carbocycles. The highest BCUT2D eigenvalue weighted by Gasteiger charge is 2.25. The standard InChI is InChI=1S/C30H19NO2/c1-4-10-27-23(7-1)24-19-21(15-18-28(24)32-27)20-13-16-22(17-14-20)31-25-8-2-5-11-29(25)33-30-12-6-3-9-26(30)31/h1-19H. The Hall–Kier alpha value is -4.50. The van der Waals surface area contributed by atoms with E-state index in [0.29, 0.717) is 0 Å². The summed E-state index contributed by atoms with van der Waals surface area (Å²) in [6.07, 6.45) is 0. The Balaban J connectivity index is 1.32. The van der Waals surface area contributed by atoms with Gasteiger partial charge in [-0.3, -0.25) is 0 Å². The number of hydrogen-bond donors (Lipinski definition) is 0. The molecule has 33 heavy (non-hydrogen) atoms. The van der Waals surface area contributed by atoms with E-state index in [1.807, 2.05) is 48.5 Å². The molecule has 5 aromatic carbocycles. The molecule has 3 nitrogen and oxygen atoms in total. The molecule has 7 rings (SSSR count). The lowest BCUT2D eigenvalue weighted by atomic mass is 10.0. The number of fused-ring (bicyclic) bond motifs is 5. The maximum absolute atomic E-state index is 6.14. The van der Waals surface area contributed by atoms with Gasteiger partial charge < -0.3 is 14.1 Å². The SMILES string of the molecule is c1ccc2c(c1)Oc1ccccc1N2c1ccc(-c2ccc3oc4ccccc4c3c2)cc1. The smallest absolute Gasteiger partial charge is 0.151 e. The molecule has 2 heterocycles. The van der Waals surface area contributed by atoms with Crippen molar-refractivity contribution in [1.82, 2.24) is 0 Å². The number of furan rings is 1. The third kappa shape index (κ3) is 2.83. The van der Waals surface area contributed by atoms with Crippen LogP contribution in [-0.4, -0.2) is 0 Å². The quantitative estimate of drug-likeness (QED) is 0.277. The van der Waals surface area contributed by atoms with Crippen LogP contribution in [0.2, 0.25) is 0 Å². The first kappa shape index (κ1) is 18.1. The van der Waals surface area contributed by atoms with E-state index in [-0.39, 0.29) is 0 Å². The lowest BCUT2D eigenvalue weighted by molar-refractivity contribution is 0.477. The highest BCUT2D eigenvalue weighted by molar-refractivity contribution is 6.06. The van der Waals surface area contributed by atoms with Crippen LogP contribution in [0.25, 0.3) is 33.1 Å². The summed E-state index contributed by atoms with van der Waals surface area (Å²) in [6, 6.07) is 39.6. The molecule has 6 aromatic rings. The lowest BCUT2D eigenvalue weighted by Gasteiger charge is -2.32. The van der Waals surface area contributed by atoms with Crippen molar-refractivity contribution in [3.63, 3.8) is 0 Å². The largest absolute Gasteiger partial charge is 0.456 e. The van der Waals surface area contributed by atoms with Crippen LogP contribution < -0.4 is 9.64 Å². The van der Waals surface area contributed by atoms with E-state index in [0.717, 1.165) is 50.5 Å². The van der Waals surface area contributed by atoms with E-state index in [1.165, 1.54) is 11.1 Å².